The number of aromatic nitrogens is 3. The molecule has 2 unspecified atom stereocenters. The molecular weight excluding hydrogens is 683 g/mol. The second-order valence-corrected chi connectivity index (χ2v) is 15.0. The molecule has 0 saturated carbocycles. The summed E-state index contributed by atoms with van der Waals surface area (Å²) in [7, 11) is 0. The Kier molecular flexibility index (Phi) is 6.64. The Hall–Kier alpha value is -7.17. The summed E-state index contributed by atoms with van der Waals surface area (Å²) in [6.07, 6.45) is 7.95. The van der Waals surface area contributed by atoms with Crippen LogP contribution in [0.2, 0.25) is 0 Å². The molecule has 0 amide bonds. The molecule has 4 nitrogen and oxygen atoms in total. The van der Waals surface area contributed by atoms with Gasteiger partial charge in [-0.05, 0) is 69.1 Å². The van der Waals surface area contributed by atoms with Gasteiger partial charge < -0.3 is 4.42 Å². The van der Waals surface area contributed by atoms with E-state index in [1.807, 2.05) is 60.7 Å². The Morgan fingerprint density at radius 3 is 1.93 bits per heavy atom. The maximum absolute atomic E-state index is 7.02. The lowest BCUT2D eigenvalue weighted by molar-refractivity contribution is 0.668. The van der Waals surface area contributed by atoms with E-state index in [1.54, 1.807) is 0 Å². The lowest BCUT2D eigenvalue weighted by atomic mass is 9.68. The highest BCUT2D eigenvalue weighted by molar-refractivity contribution is 6.18. The Morgan fingerprint density at radius 1 is 0.518 bits per heavy atom. The second kappa shape index (κ2) is 11.9. The molecular formula is C52H33N3O. The fourth-order valence-electron chi connectivity index (χ4n) is 9.84. The monoisotopic (exact) mass is 715 g/mol. The van der Waals surface area contributed by atoms with E-state index in [-0.39, 0.29) is 0 Å². The molecule has 7 aromatic carbocycles. The average Bonchev–Trinajstić information content (AvgIpc) is 3.91. The van der Waals surface area contributed by atoms with Crippen LogP contribution in [-0.4, -0.2) is 15.0 Å². The lowest BCUT2D eigenvalue weighted by Crippen LogP contribution is -2.27. The van der Waals surface area contributed by atoms with E-state index in [0.29, 0.717) is 23.4 Å². The Morgan fingerprint density at radius 2 is 1.14 bits per heavy atom. The van der Waals surface area contributed by atoms with Crippen molar-refractivity contribution in [1.29, 1.82) is 0 Å². The molecule has 12 rings (SSSR count). The summed E-state index contributed by atoms with van der Waals surface area (Å²) in [6, 6.07) is 58.0. The fourth-order valence-corrected chi connectivity index (χ4v) is 9.84. The van der Waals surface area contributed by atoms with Crippen molar-refractivity contribution in [1.82, 2.24) is 15.0 Å². The first-order valence-corrected chi connectivity index (χ1v) is 19.3. The molecule has 0 fully saturated rings. The third-order valence-corrected chi connectivity index (χ3v) is 12.1. The van der Waals surface area contributed by atoms with E-state index in [2.05, 4.69) is 121 Å². The average molecular weight is 716 g/mol. The summed E-state index contributed by atoms with van der Waals surface area (Å²) in [5.74, 6) is 2.23. The van der Waals surface area contributed by atoms with Gasteiger partial charge in [0, 0.05) is 38.9 Å². The topological polar surface area (TPSA) is 51.8 Å². The molecule has 56 heavy (non-hydrogen) atoms. The van der Waals surface area contributed by atoms with Crippen LogP contribution < -0.4 is 0 Å². The molecule has 262 valence electrons. The predicted molar refractivity (Wildman–Crippen MR) is 225 cm³/mol. The summed E-state index contributed by atoms with van der Waals surface area (Å²) < 4.78 is 7.02. The standard InChI is InChI=1S/C52H33N3O/c1-3-16-32(17-4-1)49-53-50(33-18-5-2-6-19-33)55-51(54-49)35-21-15-20-34(30-35)40-31-44-47(48-46(40)39-25-10-14-29-45(39)56-48)38-24-9-13-28-43(38)52(44)41-26-11-7-22-36(41)37-23-8-12-27-42(37)52/h1-22,24-31,37H,23H2. The minimum absolute atomic E-state index is 0.315. The largest absolute Gasteiger partial charge is 0.455 e. The predicted octanol–water partition coefficient (Wildman–Crippen LogP) is 12.7. The zero-order chi connectivity index (χ0) is 36.8. The van der Waals surface area contributed by atoms with E-state index in [9.17, 15) is 0 Å². The number of nitrogens with zero attached hydrogens (tertiary/aromatic N) is 3. The Bertz CT molecular complexity index is 3060. The van der Waals surface area contributed by atoms with E-state index in [4.69, 9.17) is 19.4 Å². The summed E-state index contributed by atoms with van der Waals surface area (Å²) in [6.45, 7) is 0. The molecule has 0 aliphatic heterocycles. The van der Waals surface area contributed by atoms with Gasteiger partial charge in [-0.15, -0.1) is 0 Å². The summed E-state index contributed by atoms with van der Waals surface area (Å²) in [5.41, 5.74) is 15.6. The third-order valence-electron chi connectivity index (χ3n) is 12.1. The number of allylic oxidation sites excluding steroid dienone is 4. The zero-order valence-corrected chi connectivity index (χ0v) is 30.4. The Labute approximate surface area is 324 Å². The maximum Gasteiger partial charge on any atom is 0.164 e. The van der Waals surface area contributed by atoms with Crippen LogP contribution in [0, 0.1) is 0 Å². The molecule has 0 N–H and O–H groups in total. The van der Waals surface area contributed by atoms with Crippen LogP contribution in [-0.2, 0) is 5.41 Å². The smallest absolute Gasteiger partial charge is 0.164 e. The first-order valence-electron chi connectivity index (χ1n) is 19.3. The van der Waals surface area contributed by atoms with Crippen molar-refractivity contribution >= 4 is 21.9 Å². The number of rotatable bonds is 4. The van der Waals surface area contributed by atoms with E-state index >= 15 is 0 Å². The van der Waals surface area contributed by atoms with E-state index in [0.717, 1.165) is 56.2 Å². The molecule has 9 aromatic rings. The van der Waals surface area contributed by atoms with Crippen molar-refractivity contribution in [2.45, 2.75) is 17.8 Å². The third kappa shape index (κ3) is 4.32. The first-order chi connectivity index (χ1) is 27.8. The van der Waals surface area contributed by atoms with Crippen LogP contribution in [0.15, 0.2) is 192 Å². The molecule has 2 atom stereocenters. The molecule has 2 aromatic heterocycles. The van der Waals surface area contributed by atoms with Crippen molar-refractivity contribution < 1.29 is 4.42 Å². The van der Waals surface area contributed by atoms with Gasteiger partial charge in [-0.25, -0.2) is 15.0 Å². The van der Waals surface area contributed by atoms with Gasteiger partial charge in [0.1, 0.15) is 11.2 Å². The van der Waals surface area contributed by atoms with Gasteiger partial charge in [0.25, 0.3) is 0 Å². The van der Waals surface area contributed by atoms with Gasteiger partial charge in [-0.3, -0.25) is 0 Å². The molecule has 2 heterocycles. The fraction of sp³-hybridized carbons (Fsp3) is 0.0577. The number of hydrogen-bond donors (Lipinski definition) is 0. The normalized spacial score (nSPS) is 17.5. The van der Waals surface area contributed by atoms with Crippen molar-refractivity contribution in [2.24, 2.45) is 0 Å². The van der Waals surface area contributed by atoms with Crippen LogP contribution >= 0.6 is 0 Å². The van der Waals surface area contributed by atoms with E-state index < -0.39 is 5.41 Å². The van der Waals surface area contributed by atoms with Gasteiger partial charge in [-0.1, -0.05) is 164 Å². The number of benzene rings is 7. The van der Waals surface area contributed by atoms with Gasteiger partial charge in [-0.2, -0.15) is 0 Å². The molecule has 4 heteroatoms. The Balaban J connectivity index is 1.14. The molecule has 3 aliphatic carbocycles. The zero-order valence-electron chi connectivity index (χ0n) is 30.4. The number of hydrogen-bond acceptors (Lipinski definition) is 4. The van der Waals surface area contributed by atoms with Crippen LogP contribution in [0.1, 0.15) is 34.6 Å². The van der Waals surface area contributed by atoms with Crippen molar-refractivity contribution in [3.63, 3.8) is 0 Å². The molecule has 0 radical (unpaired) electrons. The molecule has 3 aliphatic rings. The second-order valence-electron chi connectivity index (χ2n) is 15.0. The highest BCUT2D eigenvalue weighted by Gasteiger charge is 2.55. The first kappa shape index (κ1) is 31.2. The quantitative estimate of drug-likeness (QED) is 0.182. The van der Waals surface area contributed by atoms with Crippen LogP contribution in [0.25, 0.3) is 78.4 Å². The van der Waals surface area contributed by atoms with E-state index in [1.165, 1.54) is 39.0 Å². The van der Waals surface area contributed by atoms with Crippen LogP contribution in [0.5, 0.6) is 0 Å². The molecule has 0 saturated heterocycles. The van der Waals surface area contributed by atoms with Crippen molar-refractivity contribution in [2.75, 3.05) is 0 Å². The summed E-state index contributed by atoms with van der Waals surface area (Å²) in [4.78, 5) is 15.1. The van der Waals surface area contributed by atoms with Crippen molar-refractivity contribution in [3.05, 3.63) is 210 Å². The number of para-hydroxylation sites is 1. The maximum atomic E-state index is 7.02. The SMILES string of the molecule is C1=CCC2C(=C1)C1(c3ccccc3-c3c1cc(-c1cccc(-c4nc(-c5ccccc5)nc(-c5ccccc5)n4)c1)c1c3oc3ccccc31)c1ccccc12. The van der Waals surface area contributed by atoms with Crippen LogP contribution in [0.4, 0.5) is 0 Å². The van der Waals surface area contributed by atoms with Gasteiger partial charge >= 0.3 is 0 Å². The minimum atomic E-state index is -0.444. The lowest BCUT2D eigenvalue weighted by Gasteiger charge is -2.33. The molecule has 0 bridgehead atoms. The van der Waals surface area contributed by atoms with Crippen LogP contribution in [0.3, 0.4) is 0 Å². The summed E-state index contributed by atoms with van der Waals surface area (Å²) in [5, 5.41) is 2.22. The molecule has 1 spiro atoms. The minimum Gasteiger partial charge on any atom is -0.455 e. The van der Waals surface area contributed by atoms with Gasteiger partial charge in [0.2, 0.25) is 0 Å². The highest BCUT2D eigenvalue weighted by Crippen LogP contribution is 2.66. The summed E-state index contributed by atoms with van der Waals surface area (Å²) >= 11 is 0. The van der Waals surface area contributed by atoms with Gasteiger partial charge in [0.15, 0.2) is 17.5 Å². The number of furan rings is 1. The van der Waals surface area contributed by atoms with Gasteiger partial charge in [0.05, 0.1) is 5.41 Å². The number of fused-ring (bicyclic) bond motifs is 14. The van der Waals surface area contributed by atoms with Crippen molar-refractivity contribution in [3.8, 4) is 56.4 Å². The highest BCUT2D eigenvalue weighted by atomic mass is 16.3.